The highest BCUT2D eigenvalue weighted by Crippen LogP contribution is 2.36. The van der Waals surface area contributed by atoms with Gasteiger partial charge in [-0.3, -0.25) is 38.9 Å². The van der Waals surface area contributed by atoms with E-state index in [0.29, 0.717) is 38.5 Å². The van der Waals surface area contributed by atoms with Crippen molar-refractivity contribution in [3.8, 4) is 0 Å². The van der Waals surface area contributed by atoms with Crippen LogP contribution in [-0.2, 0) is 31.1 Å². The average Bonchev–Trinajstić information content (AvgIpc) is 3.59. The van der Waals surface area contributed by atoms with Gasteiger partial charge in [0.25, 0.3) is 11.8 Å². The summed E-state index contributed by atoms with van der Waals surface area (Å²) in [6.07, 6.45) is 5.47. The number of aromatic nitrogens is 2. The van der Waals surface area contributed by atoms with E-state index in [9.17, 15) is 24.0 Å². The molecule has 7 rings (SSSR count). The van der Waals surface area contributed by atoms with Crippen molar-refractivity contribution in [3.63, 3.8) is 0 Å². The third-order valence-electron chi connectivity index (χ3n) is 9.16. The number of anilines is 1. The molecular weight excluding hydrogens is 564 g/mol. The summed E-state index contributed by atoms with van der Waals surface area (Å²) in [5, 5.41) is 10.1. The van der Waals surface area contributed by atoms with Crippen LogP contribution in [0.2, 0.25) is 0 Å². The third-order valence-corrected chi connectivity index (χ3v) is 9.16. The number of hydrogen-bond donors (Lipinski definition) is 2. The number of likely N-dealkylation sites (tertiary alicyclic amines) is 1. The molecule has 1 atom stereocenters. The fourth-order valence-electron chi connectivity index (χ4n) is 6.64. The second-order valence-electron chi connectivity index (χ2n) is 11.8. The SMILES string of the molecule is O=C1CCC(N2C(=O)c3cccc(NCc4cnn(C5CCN(C(=O)C6(c7ccccc7)COC6)CC5)c4)c3C2=O)C(=O)N1. The Labute approximate surface area is 253 Å². The van der Waals surface area contributed by atoms with Crippen LogP contribution in [0.4, 0.5) is 5.69 Å². The Balaban J connectivity index is 0.981. The number of ether oxygens (including phenoxy) is 1. The van der Waals surface area contributed by atoms with Crippen molar-refractivity contribution >= 4 is 35.2 Å². The van der Waals surface area contributed by atoms with Gasteiger partial charge in [0.05, 0.1) is 36.6 Å². The van der Waals surface area contributed by atoms with Crippen LogP contribution in [0.5, 0.6) is 0 Å². The zero-order valence-electron chi connectivity index (χ0n) is 24.0. The minimum Gasteiger partial charge on any atom is -0.380 e. The van der Waals surface area contributed by atoms with Crippen LogP contribution < -0.4 is 10.6 Å². The van der Waals surface area contributed by atoms with Crippen molar-refractivity contribution in [1.29, 1.82) is 0 Å². The summed E-state index contributed by atoms with van der Waals surface area (Å²) in [7, 11) is 0. The molecule has 0 spiro atoms. The number of amides is 5. The zero-order chi connectivity index (χ0) is 30.4. The largest absolute Gasteiger partial charge is 0.380 e. The first-order chi connectivity index (χ1) is 21.4. The Kier molecular flexibility index (Phi) is 7.00. The van der Waals surface area contributed by atoms with Crippen molar-refractivity contribution in [1.82, 2.24) is 24.9 Å². The number of fused-ring (bicyclic) bond motifs is 1. The number of piperidine rings is 2. The van der Waals surface area contributed by atoms with E-state index in [2.05, 4.69) is 15.7 Å². The van der Waals surface area contributed by atoms with Gasteiger partial charge in [-0.15, -0.1) is 0 Å². The van der Waals surface area contributed by atoms with E-state index in [4.69, 9.17) is 4.74 Å². The number of rotatable bonds is 7. The quantitative estimate of drug-likeness (QED) is 0.395. The van der Waals surface area contributed by atoms with Gasteiger partial charge in [0.15, 0.2) is 0 Å². The van der Waals surface area contributed by atoms with E-state index in [1.54, 1.807) is 24.4 Å². The van der Waals surface area contributed by atoms with E-state index in [0.717, 1.165) is 28.9 Å². The molecule has 3 aromatic rings. The van der Waals surface area contributed by atoms with Gasteiger partial charge < -0.3 is 15.0 Å². The zero-order valence-corrected chi connectivity index (χ0v) is 24.0. The van der Waals surface area contributed by atoms with Crippen LogP contribution in [0.3, 0.4) is 0 Å². The Hall–Kier alpha value is -4.84. The molecule has 4 aliphatic rings. The molecule has 0 saturated carbocycles. The summed E-state index contributed by atoms with van der Waals surface area (Å²) in [6.45, 7) is 2.46. The summed E-state index contributed by atoms with van der Waals surface area (Å²) < 4.78 is 7.43. The lowest BCUT2D eigenvalue weighted by molar-refractivity contribution is -0.157. The Morgan fingerprint density at radius 3 is 2.45 bits per heavy atom. The van der Waals surface area contributed by atoms with E-state index in [-0.39, 0.29) is 35.9 Å². The topological polar surface area (TPSA) is 143 Å². The average molecular weight is 597 g/mol. The summed E-state index contributed by atoms with van der Waals surface area (Å²) in [4.78, 5) is 66.9. The lowest BCUT2D eigenvalue weighted by Gasteiger charge is -2.45. The predicted molar refractivity (Wildman–Crippen MR) is 156 cm³/mol. The highest BCUT2D eigenvalue weighted by molar-refractivity contribution is 6.25. The Morgan fingerprint density at radius 1 is 0.977 bits per heavy atom. The number of hydrogen-bond acceptors (Lipinski definition) is 8. The van der Waals surface area contributed by atoms with Gasteiger partial charge in [0.2, 0.25) is 17.7 Å². The molecule has 2 aromatic carbocycles. The van der Waals surface area contributed by atoms with Gasteiger partial charge in [-0.1, -0.05) is 36.4 Å². The second kappa shape index (κ2) is 11.0. The molecule has 1 unspecified atom stereocenters. The lowest BCUT2D eigenvalue weighted by atomic mass is 9.77. The molecular formula is C32H32N6O6. The maximum absolute atomic E-state index is 13.6. The summed E-state index contributed by atoms with van der Waals surface area (Å²) in [6, 6.07) is 14.0. The van der Waals surface area contributed by atoms with Crippen LogP contribution in [-0.4, -0.2) is 81.5 Å². The first-order valence-corrected chi connectivity index (χ1v) is 14.9. The molecule has 3 fully saturated rings. The second-order valence-corrected chi connectivity index (χ2v) is 11.8. The van der Waals surface area contributed by atoms with Crippen LogP contribution >= 0.6 is 0 Å². The van der Waals surface area contributed by atoms with Gasteiger partial charge >= 0.3 is 0 Å². The van der Waals surface area contributed by atoms with Gasteiger partial charge in [-0.25, -0.2) is 0 Å². The van der Waals surface area contributed by atoms with Crippen molar-refractivity contribution in [2.24, 2.45) is 0 Å². The normalized spacial score (nSPS) is 21.6. The maximum atomic E-state index is 13.6. The van der Waals surface area contributed by atoms with Crippen LogP contribution in [0, 0.1) is 0 Å². The van der Waals surface area contributed by atoms with E-state index in [1.807, 2.05) is 46.1 Å². The molecule has 0 aliphatic carbocycles. The maximum Gasteiger partial charge on any atom is 0.264 e. The molecule has 0 radical (unpaired) electrons. The minimum atomic E-state index is -1.01. The molecule has 2 N–H and O–H groups in total. The van der Waals surface area contributed by atoms with Gasteiger partial charge in [-0.2, -0.15) is 5.10 Å². The smallest absolute Gasteiger partial charge is 0.264 e. The molecule has 5 heterocycles. The number of carbonyl (C=O) groups excluding carboxylic acids is 5. The fourth-order valence-corrected chi connectivity index (χ4v) is 6.64. The Morgan fingerprint density at radius 2 is 1.75 bits per heavy atom. The summed E-state index contributed by atoms with van der Waals surface area (Å²) in [5.41, 5.74) is 2.24. The van der Waals surface area contributed by atoms with E-state index in [1.165, 1.54) is 0 Å². The number of imide groups is 2. The molecule has 226 valence electrons. The lowest BCUT2D eigenvalue weighted by Crippen LogP contribution is -2.59. The van der Waals surface area contributed by atoms with Crippen molar-refractivity contribution in [2.75, 3.05) is 31.6 Å². The first-order valence-electron chi connectivity index (χ1n) is 14.9. The minimum absolute atomic E-state index is 0.0671. The molecule has 12 heteroatoms. The molecule has 4 aliphatic heterocycles. The van der Waals surface area contributed by atoms with Gasteiger partial charge in [0, 0.05) is 43.5 Å². The highest BCUT2D eigenvalue weighted by atomic mass is 16.5. The molecule has 5 amide bonds. The highest BCUT2D eigenvalue weighted by Gasteiger charge is 2.50. The standard InChI is InChI=1S/C32H32N6O6/c39-26-10-9-25(28(40)35-26)38-29(41)23-7-4-8-24(27(23)30(38)42)33-15-20-16-34-37(17-20)22-11-13-36(14-12-22)31(43)32(18-44-19-32)21-5-2-1-3-6-21/h1-8,16-17,22,25,33H,9-15,18-19H2,(H,35,39,40). The molecule has 1 aromatic heterocycles. The number of nitrogens with zero attached hydrogens (tertiary/aromatic N) is 4. The molecule has 0 bridgehead atoms. The first kappa shape index (κ1) is 28.0. The third kappa shape index (κ3) is 4.66. The van der Waals surface area contributed by atoms with Gasteiger partial charge in [-0.05, 0) is 37.0 Å². The predicted octanol–water partition coefficient (Wildman–Crippen LogP) is 2.03. The van der Waals surface area contributed by atoms with Crippen LogP contribution in [0.25, 0.3) is 0 Å². The van der Waals surface area contributed by atoms with Crippen molar-refractivity contribution in [3.05, 3.63) is 83.2 Å². The molecule has 3 saturated heterocycles. The monoisotopic (exact) mass is 596 g/mol. The van der Waals surface area contributed by atoms with Crippen molar-refractivity contribution in [2.45, 2.75) is 49.7 Å². The van der Waals surface area contributed by atoms with Crippen LogP contribution in [0.1, 0.15) is 63.6 Å². The number of carbonyl (C=O) groups is 5. The van der Waals surface area contributed by atoms with E-state index >= 15 is 0 Å². The van der Waals surface area contributed by atoms with Crippen molar-refractivity contribution < 1.29 is 28.7 Å². The van der Waals surface area contributed by atoms with Crippen LogP contribution in [0.15, 0.2) is 60.9 Å². The van der Waals surface area contributed by atoms with Gasteiger partial charge in [0.1, 0.15) is 11.5 Å². The fraction of sp³-hybridized carbons (Fsp3) is 0.375. The molecule has 44 heavy (non-hydrogen) atoms. The number of benzene rings is 2. The number of nitrogens with one attached hydrogen (secondary N) is 2. The summed E-state index contributed by atoms with van der Waals surface area (Å²) in [5.74, 6) is -2.02. The molecule has 12 nitrogen and oxygen atoms in total. The Bertz CT molecular complexity index is 1660. The van der Waals surface area contributed by atoms with E-state index < -0.39 is 35.1 Å². The summed E-state index contributed by atoms with van der Waals surface area (Å²) >= 11 is 0.